The lowest BCUT2D eigenvalue weighted by atomic mass is 10.2. The number of aromatic nitrogens is 5. The summed E-state index contributed by atoms with van der Waals surface area (Å²) >= 11 is 0. The Labute approximate surface area is 185 Å². The summed E-state index contributed by atoms with van der Waals surface area (Å²) in [7, 11) is 0. The van der Waals surface area contributed by atoms with E-state index < -0.39 is 0 Å². The van der Waals surface area contributed by atoms with E-state index in [1.165, 1.54) is 0 Å². The number of pyridine rings is 2. The third-order valence-corrected chi connectivity index (χ3v) is 5.52. The number of amides is 1. The van der Waals surface area contributed by atoms with E-state index in [-0.39, 0.29) is 5.91 Å². The standard InChI is InChI=1S/C23H25N7O2/c31-22(25-9-7-18-5-1-3-8-24-18)20-16-29(17-26-20)23-27-19(15-28-11-13-32-14-12-28)21-6-2-4-10-30(21)23/h1-6,8,10,16-17H,7,9,11-15H2,(H,25,31). The normalized spacial score (nSPS) is 14.6. The van der Waals surface area contributed by atoms with Crippen molar-refractivity contribution in [2.45, 2.75) is 13.0 Å². The fourth-order valence-corrected chi connectivity index (χ4v) is 3.84. The van der Waals surface area contributed by atoms with E-state index in [1.807, 2.05) is 40.9 Å². The molecule has 0 aliphatic carbocycles. The zero-order valence-corrected chi connectivity index (χ0v) is 17.7. The van der Waals surface area contributed by atoms with Gasteiger partial charge in [-0.1, -0.05) is 12.1 Å². The van der Waals surface area contributed by atoms with Crippen LogP contribution in [0, 0.1) is 0 Å². The highest BCUT2D eigenvalue weighted by atomic mass is 16.5. The second kappa shape index (κ2) is 9.29. The molecular weight excluding hydrogens is 406 g/mol. The Morgan fingerprint density at radius 2 is 1.97 bits per heavy atom. The van der Waals surface area contributed by atoms with Crippen molar-refractivity contribution in [1.29, 1.82) is 0 Å². The molecule has 4 aromatic heterocycles. The molecule has 9 nitrogen and oxygen atoms in total. The summed E-state index contributed by atoms with van der Waals surface area (Å²) in [5.41, 5.74) is 3.34. The third-order valence-electron chi connectivity index (χ3n) is 5.52. The van der Waals surface area contributed by atoms with Gasteiger partial charge in [-0.25, -0.2) is 9.97 Å². The van der Waals surface area contributed by atoms with Crippen LogP contribution in [0.25, 0.3) is 11.5 Å². The van der Waals surface area contributed by atoms with Crippen LogP contribution >= 0.6 is 0 Å². The van der Waals surface area contributed by atoms with Crippen LogP contribution in [0.1, 0.15) is 21.9 Å². The number of hydrogen-bond donors (Lipinski definition) is 1. The van der Waals surface area contributed by atoms with Crippen molar-refractivity contribution in [3.8, 4) is 5.95 Å². The number of rotatable bonds is 7. The molecule has 1 N–H and O–H groups in total. The van der Waals surface area contributed by atoms with Gasteiger partial charge in [0.2, 0.25) is 5.95 Å². The number of fused-ring (bicyclic) bond motifs is 1. The highest BCUT2D eigenvalue weighted by molar-refractivity contribution is 5.92. The van der Waals surface area contributed by atoms with Gasteiger partial charge >= 0.3 is 0 Å². The minimum atomic E-state index is -0.214. The van der Waals surface area contributed by atoms with Gasteiger partial charge in [0.1, 0.15) is 12.0 Å². The molecule has 1 fully saturated rings. The lowest BCUT2D eigenvalue weighted by molar-refractivity contribution is 0.0339. The molecule has 9 heteroatoms. The number of nitrogens with zero attached hydrogens (tertiary/aromatic N) is 6. The molecule has 1 aliphatic heterocycles. The lowest BCUT2D eigenvalue weighted by Gasteiger charge is -2.25. The van der Waals surface area contributed by atoms with Gasteiger partial charge in [-0.3, -0.25) is 23.6 Å². The van der Waals surface area contributed by atoms with Crippen molar-refractivity contribution < 1.29 is 9.53 Å². The Morgan fingerprint density at radius 1 is 1.09 bits per heavy atom. The Kier molecular flexibility index (Phi) is 5.91. The molecule has 0 unspecified atom stereocenters. The van der Waals surface area contributed by atoms with Crippen LogP contribution in [0.3, 0.4) is 0 Å². The Bertz CT molecular complexity index is 1200. The van der Waals surface area contributed by atoms with Gasteiger partial charge in [0, 0.05) is 56.9 Å². The van der Waals surface area contributed by atoms with E-state index >= 15 is 0 Å². The zero-order chi connectivity index (χ0) is 21.8. The molecule has 0 aromatic carbocycles. The highest BCUT2D eigenvalue weighted by Gasteiger charge is 2.18. The van der Waals surface area contributed by atoms with Crippen molar-refractivity contribution in [1.82, 2.24) is 34.1 Å². The van der Waals surface area contributed by atoms with E-state index in [0.29, 0.717) is 24.6 Å². The lowest BCUT2D eigenvalue weighted by Crippen LogP contribution is -2.35. The maximum absolute atomic E-state index is 12.6. The molecule has 5 rings (SSSR count). The molecule has 0 saturated carbocycles. The summed E-state index contributed by atoms with van der Waals surface area (Å²) in [4.78, 5) is 28.4. The van der Waals surface area contributed by atoms with Crippen LogP contribution in [-0.4, -0.2) is 67.6 Å². The maximum atomic E-state index is 12.6. The quantitative estimate of drug-likeness (QED) is 0.479. The highest BCUT2D eigenvalue weighted by Crippen LogP contribution is 2.19. The molecule has 32 heavy (non-hydrogen) atoms. The predicted molar refractivity (Wildman–Crippen MR) is 119 cm³/mol. The number of hydrogen-bond acceptors (Lipinski definition) is 6. The number of carbonyl (C=O) groups is 1. The van der Waals surface area contributed by atoms with Crippen LogP contribution in [0.15, 0.2) is 61.3 Å². The first-order chi connectivity index (χ1) is 15.8. The van der Waals surface area contributed by atoms with Gasteiger partial charge in [-0.15, -0.1) is 0 Å². The van der Waals surface area contributed by atoms with Crippen LogP contribution in [0.4, 0.5) is 0 Å². The van der Waals surface area contributed by atoms with Gasteiger partial charge in [0.15, 0.2) is 0 Å². The molecule has 4 aromatic rings. The number of ether oxygens (including phenoxy) is 1. The number of morpholine rings is 1. The SMILES string of the molecule is O=C(NCCc1ccccn1)c1cn(-c2nc(CN3CCOCC3)c3ccccn23)cn1. The largest absolute Gasteiger partial charge is 0.379 e. The molecule has 1 amide bonds. The van der Waals surface area contributed by atoms with Crippen LogP contribution < -0.4 is 5.32 Å². The molecule has 0 bridgehead atoms. The minimum absolute atomic E-state index is 0.214. The monoisotopic (exact) mass is 431 g/mol. The third kappa shape index (κ3) is 4.39. The van der Waals surface area contributed by atoms with Gasteiger partial charge < -0.3 is 10.1 Å². The van der Waals surface area contributed by atoms with Crippen LogP contribution in [0.2, 0.25) is 0 Å². The molecule has 1 aliphatic rings. The summed E-state index contributed by atoms with van der Waals surface area (Å²) in [6.45, 7) is 4.55. The Balaban J connectivity index is 1.32. The Hall–Kier alpha value is -3.56. The topological polar surface area (TPSA) is 89.6 Å². The van der Waals surface area contributed by atoms with E-state index in [0.717, 1.165) is 49.8 Å². The number of carbonyl (C=O) groups excluding carboxylic acids is 1. The van der Waals surface area contributed by atoms with Gasteiger partial charge in [0.25, 0.3) is 5.91 Å². The van der Waals surface area contributed by atoms with E-state index in [1.54, 1.807) is 23.3 Å². The summed E-state index contributed by atoms with van der Waals surface area (Å²) in [6.07, 6.45) is 7.75. The molecule has 164 valence electrons. The van der Waals surface area contributed by atoms with Gasteiger partial charge in [-0.05, 0) is 24.3 Å². The van der Waals surface area contributed by atoms with E-state index in [2.05, 4.69) is 26.3 Å². The maximum Gasteiger partial charge on any atom is 0.271 e. The smallest absolute Gasteiger partial charge is 0.271 e. The first-order valence-corrected chi connectivity index (χ1v) is 10.8. The predicted octanol–water partition coefficient (Wildman–Crippen LogP) is 1.72. The summed E-state index contributed by atoms with van der Waals surface area (Å²) in [6, 6.07) is 11.8. The van der Waals surface area contributed by atoms with Crippen LogP contribution in [0.5, 0.6) is 0 Å². The molecule has 0 atom stereocenters. The molecule has 0 spiro atoms. The molecule has 0 radical (unpaired) electrons. The second-order valence-corrected chi connectivity index (χ2v) is 7.70. The van der Waals surface area contributed by atoms with E-state index in [9.17, 15) is 4.79 Å². The van der Waals surface area contributed by atoms with Crippen molar-refractivity contribution in [2.75, 3.05) is 32.8 Å². The Morgan fingerprint density at radius 3 is 2.81 bits per heavy atom. The van der Waals surface area contributed by atoms with Crippen molar-refractivity contribution in [3.63, 3.8) is 0 Å². The number of nitrogens with one attached hydrogen (secondary N) is 1. The average molecular weight is 432 g/mol. The zero-order valence-electron chi connectivity index (χ0n) is 17.7. The van der Waals surface area contributed by atoms with Crippen molar-refractivity contribution in [3.05, 3.63) is 78.4 Å². The second-order valence-electron chi connectivity index (χ2n) is 7.70. The van der Waals surface area contributed by atoms with Crippen LogP contribution in [-0.2, 0) is 17.7 Å². The van der Waals surface area contributed by atoms with Crippen molar-refractivity contribution >= 4 is 11.4 Å². The summed E-state index contributed by atoms with van der Waals surface area (Å²) in [5, 5.41) is 2.91. The first kappa shape index (κ1) is 20.3. The number of imidazole rings is 2. The van der Waals surface area contributed by atoms with E-state index in [4.69, 9.17) is 9.72 Å². The fraction of sp³-hybridized carbons (Fsp3) is 0.304. The summed E-state index contributed by atoms with van der Waals surface area (Å²) < 4.78 is 9.28. The van der Waals surface area contributed by atoms with Gasteiger partial charge in [0.05, 0.1) is 24.4 Å². The summed E-state index contributed by atoms with van der Waals surface area (Å²) in [5.74, 6) is 0.498. The van der Waals surface area contributed by atoms with Gasteiger partial charge in [-0.2, -0.15) is 0 Å². The first-order valence-electron chi connectivity index (χ1n) is 10.8. The molecule has 1 saturated heterocycles. The molecular formula is C23H25N7O2. The molecule has 5 heterocycles. The average Bonchev–Trinajstić information content (AvgIpc) is 3.46. The fourth-order valence-electron chi connectivity index (χ4n) is 3.84. The van der Waals surface area contributed by atoms with Crippen molar-refractivity contribution in [2.24, 2.45) is 0 Å². The minimum Gasteiger partial charge on any atom is -0.379 e.